The maximum Gasteiger partial charge on any atom is 0.129 e. The highest BCUT2D eigenvalue weighted by Gasteiger charge is 2.36. The summed E-state index contributed by atoms with van der Waals surface area (Å²) in [5.41, 5.74) is 2.26. The second-order valence-electron chi connectivity index (χ2n) is 6.87. The Labute approximate surface area is 115 Å². The number of rotatable bonds is 1. The molecule has 2 aliphatic rings. The molecule has 104 valence electrons. The van der Waals surface area contributed by atoms with Gasteiger partial charge in [0.15, 0.2) is 0 Å². The minimum absolute atomic E-state index is 0.0765. The molecule has 0 spiro atoms. The lowest BCUT2D eigenvalue weighted by atomic mass is 9.97. The Bertz CT molecular complexity index is 494. The second kappa shape index (κ2) is 4.22. The Morgan fingerprint density at radius 2 is 1.95 bits per heavy atom. The molecule has 3 nitrogen and oxygen atoms in total. The van der Waals surface area contributed by atoms with Gasteiger partial charge in [-0.3, -0.25) is 0 Å². The van der Waals surface area contributed by atoms with Gasteiger partial charge in [0.1, 0.15) is 11.4 Å². The summed E-state index contributed by atoms with van der Waals surface area (Å²) in [6, 6.07) is 6.41. The van der Waals surface area contributed by atoms with Gasteiger partial charge in [-0.15, -0.1) is 0 Å². The van der Waals surface area contributed by atoms with Crippen LogP contribution >= 0.6 is 0 Å². The highest BCUT2D eigenvalue weighted by molar-refractivity contribution is 5.47. The van der Waals surface area contributed by atoms with E-state index >= 15 is 0 Å². The third-order valence-corrected chi connectivity index (χ3v) is 3.81. The van der Waals surface area contributed by atoms with Gasteiger partial charge in [0.25, 0.3) is 0 Å². The number of fused-ring (bicyclic) bond motifs is 1. The molecule has 0 amide bonds. The van der Waals surface area contributed by atoms with Gasteiger partial charge < -0.3 is 14.8 Å². The number of hydrogen-bond donors (Lipinski definition) is 1. The maximum absolute atomic E-state index is 6.21. The van der Waals surface area contributed by atoms with Gasteiger partial charge in [-0.25, -0.2) is 0 Å². The first kappa shape index (κ1) is 12.9. The Hall–Kier alpha value is -1.06. The predicted molar refractivity (Wildman–Crippen MR) is 75.6 cm³/mol. The molecule has 0 radical (unpaired) electrons. The molecule has 3 heteroatoms. The molecular weight excluding hydrogens is 238 g/mol. The summed E-state index contributed by atoms with van der Waals surface area (Å²) in [6.45, 7) is 10.3. The third kappa shape index (κ3) is 2.49. The maximum atomic E-state index is 6.21. The molecule has 1 aromatic carbocycles. The van der Waals surface area contributed by atoms with Gasteiger partial charge in [0, 0.05) is 25.1 Å². The lowest BCUT2D eigenvalue weighted by Gasteiger charge is -2.37. The van der Waals surface area contributed by atoms with Crippen LogP contribution in [0.15, 0.2) is 18.2 Å². The first-order chi connectivity index (χ1) is 8.86. The molecule has 2 heterocycles. The molecule has 1 unspecified atom stereocenters. The molecule has 3 rings (SSSR count). The Morgan fingerprint density at radius 3 is 2.68 bits per heavy atom. The molecule has 19 heavy (non-hydrogen) atoms. The van der Waals surface area contributed by atoms with Crippen molar-refractivity contribution in [1.29, 1.82) is 0 Å². The van der Waals surface area contributed by atoms with E-state index in [0.29, 0.717) is 0 Å². The fourth-order valence-corrected chi connectivity index (χ4v) is 3.04. The van der Waals surface area contributed by atoms with Crippen molar-refractivity contribution in [3.63, 3.8) is 0 Å². The van der Waals surface area contributed by atoms with Crippen LogP contribution < -0.4 is 10.1 Å². The average molecular weight is 261 g/mol. The molecule has 1 atom stereocenters. The monoisotopic (exact) mass is 261 g/mol. The number of nitrogens with one attached hydrogen (secondary N) is 1. The van der Waals surface area contributed by atoms with Crippen molar-refractivity contribution in [1.82, 2.24) is 5.32 Å². The summed E-state index contributed by atoms with van der Waals surface area (Å²) in [5, 5.41) is 3.45. The van der Waals surface area contributed by atoms with Crippen LogP contribution in [0.5, 0.6) is 5.75 Å². The van der Waals surface area contributed by atoms with Crippen LogP contribution in [0.3, 0.4) is 0 Å². The summed E-state index contributed by atoms with van der Waals surface area (Å²) in [5.74, 6) is 1.04. The van der Waals surface area contributed by atoms with Crippen molar-refractivity contribution in [3.05, 3.63) is 29.3 Å². The quantitative estimate of drug-likeness (QED) is 0.843. The van der Waals surface area contributed by atoms with Crippen LogP contribution in [0.4, 0.5) is 0 Å². The van der Waals surface area contributed by atoms with Gasteiger partial charge >= 0.3 is 0 Å². The van der Waals surface area contributed by atoms with E-state index in [2.05, 4.69) is 51.2 Å². The average Bonchev–Trinajstić information content (AvgIpc) is 2.61. The van der Waals surface area contributed by atoms with Crippen molar-refractivity contribution in [3.8, 4) is 5.75 Å². The number of benzene rings is 1. The minimum Gasteiger partial charge on any atom is -0.487 e. The van der Waals surface area contributed by atoms with E-state index in [9.17, 15) is 0 Å². The SMILES string of the molecule is CC1(C)Cc2cccc(C3CNCC(C)(C)O3)c2O1. The Morgan fingerprint density at radius 1 is 1.16 bits per heavy atom. The fraction of sp³-hybridized carbons (Fsp3) is 0.625. The van der Waals surface area contributed by atoms with E-state index in [4.69, 9.17) is 9.47 Å². The Balaban J connectivity index is 1.93. The van der Waals surface area contributed by atoms with Gasteiger partial charge in [0.05, 0.1) is 11.7 Å². The first-order valence-electron chi connectivity index (χ1n) is 7.06. The first-order valence-corrected chi connectivity index (χ1v) is 7.06. The molecule has 0 aliphatic carbocycles. The van der Waals surface area contributed by atoms with Gasteiger partial charge in [0.2, 0.25) is 0 Å². The zero-order valence-electron chi connectivity index (χ0n) is 12.2. The van der Waals surface area contributed by atoms with Crippen LogP contribution in [0.1, 0.15) is 44.9 Å². The van der Waals surface area contributed by atoms with Crippen LogP contribution in [-0.4, -0.2) is 24.3 Å². The normalized spacial score (nSPS) is 27.7. The Kier molecular flexibility index (Phi) is 2.88. The van der Waals surface area contributed by atoms with E-state index in [0.717, 1.165) is 25.3 Å². The number of para-hydroxylation sites is 1. The standard InChI is InChI=1S/C16H23NO2/c1-15(2)8-11-6-5-7-12(14(11)19-15)13-9-17-10-16(3,4)18-13/h5-7,13,17H,8-10H2,1-4H3. The number of hydrogen-bond acceptors (Lipinski definition) is 3. The van der Waals surface area contributed by atoms with Crippen LogP contribution in [0.25, 0.3) is 0 Å². The lowest BCUT2D eigenvalue weighted by molar-refractivity contribution is -0.0968. The molecular formula is C16H23NO2. The smallest absolute Gasteiger partial charge is 0.129 e. The number of ether oxygens (including phenoxy) is 2. The molecule has 0 saturated carbocycles. The molecule has 1 aromatic rings. The fourth-order valence-electron chi connectivity index (χ4n) is 3.04. The van der Waals surface area contributed by atoms with Crippen molar-refractivity contribution in [2.45, 2.75) is 51.4 Å². The molecule has 2 aliphatic heterocycles. The van der Waals surface area contributed by atoms with E-state index in [1.807, 2.05) is 0 Å². The zero-order chi connectivity index (χ0) is 13.7. The summed E-state index contributed by atoms with van der Waals surface area (Å²) in [7, 11) is 0. The predicted octanol–water partition coefficient (Wildman–Crippen LogP) is 2.84. The van der Waals surface area contributed by atoms with Crippen molar-refractivity contribution >= 4 is 0 Å². The molecule has 1 saturated heterocycles. The highest BCUT2D eigenvalue weighted by Crippen LogP contribution is 2.42. The molecule has 1 N–H and O–H groups in total. The van der Waals surface area contributed by atoms with Crippen LogP contribution in [-0.2, 0) is 11.2 Å². The van der Waals surface area contributed by atoms with Crippen molar-refractivity contribution < 1.29 is 9.47 Å². The topological polar surface area (TPSA) is 30.5 Å². The highest BCUT2D eigenvalue weighted by atomic mass is 16.5. The second-order valence-corrected chi connectivity index (χ2v) is 6.87. The summed E-state index contributed by atoms with van der Waals surface area (Å²) in [6.07, 6.45) is 1.05. The summed E-state index contributed by atoms with van der Waals surface area (Å²) in [4.78, 5) is 0. The summed E-state index contributed by atoms with van der Waals surface area (Å²) >= 11 is 0. The van der Waals surface area contributed by atoms with Gasteiger partial charge in [-0.05, 0) is 33.3 Å². The van der Waals surface area contributed by atoms with E-state index in [-0.39, 0.29) is 17.3 Å². The van der Waals surface area contributed by atoms with Gasteiger partial charge in [-0.2, -0.15) is 0 Å². The number of morpholine rings is 1. The largest absolute Gasteiger partial charge is 0.487 e. The molecule has 0 bridgehead atoms. The van der Waals surface area contributed by atoms with Crippen LogP contribution in [0, 0.1) is 0 Å². The van der Waals surface area contributed by atoms with E-state index < -0.39 is 0 Å². The lowest BCUT2D eigenvalue weighted by Crippen LogP contribution is -2.46. The zero-order valence-corrected chi connectivity index (χ0v) is 12.2. The van der Waals surface area contributed by atoms with E-state index in [1.165, 1.54) is 11.1 Å². The third-order valence-electron chi connectivity index (χ3n) is 3.81. The van der Waals surface area contributed by atoms with Crippen LogP contribution in [0.2, 0.25) is 0 Å². The van der Waals surface area contributed by atoms with E-state index in [1.54, 1.807) is 0 Å². The molecule has 0 aromatic heterocycles. The van der Waals surface area contributed by atoms with Crippen molar-refractivity contribution in [2.75, 3.05) is 13.1 Å². The van der Waals surface area contributed by atoms with Gasteiger partial charge in [-0.1, -0.05) is 18.2 Å². The minimum atomic E-state index is -0.125. The summed E-state index contributed by atoms with van der Waals surface area (Å²) < 4.78 is 12.3. The molecule has 1 fully saturated rings. The van der Waals surface area contributed by atoms with Crippen molar-refractivity contribution in [2.24, 2.45) is 0 Å².